The van der Waals surface area contributed by atoms with Gasteiger partial charge in [0.1, 0.15) is 12.4 Å². The first-order valence-corrected chi connectivity index (χ1v) is 7.89. The Kier molecular flexibility index (Phi) is 4.26. The molecule has 2 aromatic rings. The van der Waals surface area contributed by atoms with Gasteiger partial charge in [-0.1, -0.05) is 0 Å². The van der Waals surface area contributed by atoms with Crippen molar-refractivity contribution in [3.63, 3.8) is 0 Å². The van der Waals surface area contributed by atoms with Gasteiger partial charge in [-0.2, -0.15) is 0 Å². The molecule has 0 saturated heterocycles. The van der Waals surface area contributed by atoms with E-state index in [9.17, 15) is 8.42 Å². The zero-order chi connectivity index (χ0) is 14.8. The summed E-state index contributed by atoms with van der Waals surface area (Å²) in [5.41, 5.74) is 0. The van der Waals surface area contributed by atoms with Crippen LogP contribution in [0.1, 0.15) is 5.76 Å². The monoisotopic (exact) mass is 299 g/mol. The zero-order valence-corrected chi connectivity index (χ0v) is 12.2. The normalized spacial score (nSPS) is 12.2. The predicted molar refractivity (Wildman–Crippen MR) is 73.3 cm³/mol. The summed E-state index contributed by atoms with van der Waals surface area (Å²) in [6, 6.07) is 3.40. The Morgan fingerprint density at radius 3 is 2.80 bits per heavy atom. The Morgan fingerprint density at radius 2 is 2.20 bits per heavy atom. The Labute approximate surface area is 117 Å². The van der Waals surface area contributed by atoms with E-state index in [4.69, 9.17) is 9.52 Å². The third-order valence-corrected chi connectivity index (χ3v) is 4.29. The average Bonchev–Trinajstić information content (AvgIpc) is 3.02. The molecular weight excluding hydrogens is 282 g/mol. The lowest BCUT2D eigenvalue weighted by Gasteiger charge is -2.14. The molecule has 0 aliphatic rings. The molecule has 0 bridgehead atoms. The molecule has 0 aromatic carbocycles. The van der Waals surface area contributed by atoms with Crippen molar-refractivity contribution < 1.29 is 17.9 Å². The number of rotatable bonds is 6. The smallest absolute Gasteiger partial charge is 0.211 e. The second-order valence-corrected chi connectivity index (χ2v) is 6.54. The van der Waals surface area contributed by atoms with Crippen molar-refractivity contribution in [1.82, 2.24) is 13.9 Å². The molecule has 0 amide bonds. The number of hydrogen-bond acceptors (Lipinski definition) is 5. The quantitative estimate of drug-likeness (QED) is 0.840. The predicted octanol–water partition coefficient (Wildman–Crippen LogP) is 0.527. The van der Waals surface area contributed by atoms with Crippen molar-refractivity contribution in [3.05, 3.63) is 30.3 Å². The van der Waals surface area contributed by atoms with Crippen LogP contribution in [-0.4, -0.2) is 47.2 Å². The topological polar surface area (TPSA) is 88.6 Å². The van der Waals surface area contributed by atoms with Crippen LogP contribution in [-0.2, 0) is 23.2 Å². The maximum absolute atomic E-state index is 11.3. The van der Waals surface area contributed by atoms with E-state index in [1.165, 1.54) is 17.6 Å². The second kappa shape index (κ2) is 5.78. The minimum absolute atomic E-state index is 0.169. The first kappa shape index (κ1) is 14.8. The molecule has 0 unspecified atom stereocenters. The maximum Gasteiger partial charge on any atom is 0.211 e. The Morgan fingerprint density at radius 1 is 1.45 bits per heavy atom. The number of aromatic nitrogens is 2. The largest absolute Gasteiger partial charge is 0.455 e. The van der Waals surface area contributed by atoms with Gasteiger partial charge in [-0.05, 0) is 12.1 Å². The van der Waals surface area contributed by atoms with Crippen LogP contribution in [0.25, 0.3) is 11.6 Å². The summed E-state index contributed by atoms with van der Waals surface area (Å²) in [7, 11) is -1.66. The van der Waals surface area contributed by atoms with Crippen LogP contribution in [0.3, 0.4) is 0 Å². The molecule has 1 N–H and O–H groups in total. The van der Waals surface area contributed by atoms with E-state index >= 15 is 0 Å². The summed E-state index contributed by atoms with van der Waals surface area (Å²) in [5, 5.41) is 8.99. The molecule has 0 fully saturated rings. The number of aliphatic hydroxyl groups excluding tert-OH is 1. The lowest BCUT2D eigenvalue weighted by atomic mass is 10.4. The van der Waals surface area contributed by atoms with Gasteiger partial charge in [0.25, 0.3) is 0 Å². The fraction of sp³-hybridized carbons (Fsp3) is 0.417. The Hall–Kier alpha value is -1.64. The molecular formula is C12H17N3O4S. The summed E-state index contributed by atoms with van der Waals surface area (Å²) < 4.78 is 31.2. The van der Waals surface area contributed by atoms with Gasteiger partial charge in [-0.3, -0.25) is 0 Å². The number of furan rings is 1. The van der Waals surface area contributed by atoms with Gasteiger partial charge in [-0.15, -0.1) is 0 Å². The van der Waals surface area contributed by atoms with E-state index in [0.29, 0.717) is 30.4 Å². The van der Waals surface area contributed by atoms with E-state index in [-0.39, 0.29) is 6.61 Å². The van der Waals surface area contributed by atoms with E-state index < -0.39 is 10.0 Å². The van der Waals surface area contributed by atoms with Crippen molar-refractivity contribution in [2.75, 3.05) is 19.8 Å². The van der Waals surface area contributed by atoms with Crippen molar-refractivity contribution in [2.24, 2.45) is 0 Å². The van der Waals surface area contributed by atoms with Crippen LogP contribution in [0, 0.1) is 0 Å². The van der Waals surface area contributed by atoms with E-state index in [0.717, 1.165) is 0 Å². The van der Waals surface area contributed by atoms with E-state index in [1.54, 1.807) is 24.5 Å². The van der Waals surface area contributed by atoms with E-state index in [1.807, 2.05) is 4.57 Å². The molecule has 7 nitrogen and oxygen atoms in total. The Bertz CT molecular complexity index is 674. The fourth-order valence-electron chi connectivity index (χ4n) is 1.71. The summed E-state index contributed by atoms with van der Waals surface area (Å²) in [6.45, 7) is 0.640. The highest BCUT2D eigenvalue weighted by Gasteiger charge is 2.14. The molecule has 2 heterocycles. The molecule has 0 aliphatic heterocycles. The minimum Gasteiger partial charge on any atom is -0.455 e. The molecule has 20 heavy (non-hydrogen) atoms. The van der Waals surface area contributed by atoms with Gasteiger partial charge >= 0.3 is 0 Å². The van der Waals surface area contributed by atoms with Gasteiger partial charge in [-0.25, -0.2) is 17.7 Å². The number of likely N-dealkylation sites (N-methyl/N-ethyl adjacent to an activating group) is 1. The highest BCUT2D eigenvalue weighted by molar-refractivity contribution is 7.88. The summed E-state index contributed by atoms with van der Waals surface area (Å²) in [6.07, 6.45) is 4.55. The number of imidazole rings is 1. The number of hydrogen-bond donors (Lipinski definition) is 1. The van der Waals surface area contributed by atoms with Crippen molar-refractivity contribution in [2.45, 2.75) is 13.2 Å². The molecule has 0 spiro atoms. The van der Waals surface area contributed by atoms with Crippen LogP contribution >= 0.6 is 0 Å². The SMILES string of the molecule is CN(CCn1ccnc1-c1ccc(CO)o1)S(C)(=O)=O. The summed E-state index contributed by atoms with van der Waals surface area (Å²) in [4.78, 5) is 4.19. The molecule has 110 valence electrons. The van der Waals surface area contributed by atoms with Crippen LogP contribution in [0.5, 0.6) is 0 Å². The number of sulfonamides is 1. The van der Waals surface area contributed by atoms with Crippen molar-refractivity contribution in [3.8, 4) is 11.6 Å². The third kappa shape index (κ3) is 3.27. The summed E-state index contributed by atoms with van der Waals surface area (Å²) in [5.74, 6) is 1.61. The van der Waals surface area contributed by atoms with Gasteiger partial charge in [0.15, 0.2) is 11.6 Å². The van der Waals surface area contributed by atoms with E-state index in [2.05, 4.69) is 4.98 Å². The molecule has 8 heteroatoms. The lowest BCUT2D eigenvalue weighted by Crippen LogP contribution is -2.29. The van der Waals surface area contributed by atoms with Gasteiger partial charge in [0, 0.05) is 32.5 Å². The second-order valence-electron chi connectivity index (χ2n) is 4.45. The number of nitrogens with zero attached hydrogens (tertiary/aromatic N) is 3. The van der Waals surface area contributed by atoms with Crippen LogP contribution < -0.4 is 0 Å². The molecule has 0 atom stereocenters. The first-order chi connectivity index (χ1) is 9.41. The molecule has 2 rings (SSSR count). The molecule has 0 radical (unpaired) electrons. The highest BCUT2D eigenvalue weighted by Crippen LogP contribution is 2.20. The number of aliphatic hydroxyl groups is 1. The standard InChI is InChI=1S/C12H17N3O4S/c1-14(20(2,17)18)7-8-15-6-5-13-12(15)11-4-3-10(9-16)19-11/h3-6,16H,7-9H2,1-2H3. The minimum atomic E-state index is -3.19. The van der Waals surface area contributed by atoms with Crippen LogP contribution in [0.4, 0.5) is 0 Å². The molecule has 2 aromatic heterocycles. The van der Waals surface area contributed by atoms with Crippen LogP contribution in [0.15, 0.2) is 28.9 Å². The van der Waals surface area contributed by atoms with Crippen LogP contribution in [0.2, 0.25) is 0 Å². The van der Waals surface area contributed by atoms with Crippen molar-refractivity contribution >= 4 is 10.0 Å². The first-order valence-electron chi connectivity index (χ1n) is 6.04. The molecule has 0 aliphatic carbocycles. The van der Waals surface area contributed by atoms with Gasteiger partial charge in [0.2, 0.25) is 10.0 Å². The zero-order valence-electron chi connectivity index (χ0n) is 11.4. The van der Waals surface area contributed by atoms with Gasteiger partial charge in [0.05, 0.1) is 6.26 Å². The maximum atomic E-state index is 11.3. The molecule has 0 saturated carbocycles. The fourth-order valence-corrected chi connectivity index (χ4v) is 2.13. The summed E-state index contributed by atoms with van der Waals surface area (Å²) >= 11 is 0. The van der Waals surface area contributed by atoms with Crippen molar-refractivity contribution in [1.29, 1.82) is 0 Å². The lowest BCUT2D eigenvalue weighted by molar-refractivity contribution is 0.248. The van der Waals surface area contributed by atoms with Gasteiger partial charge < -0.3 is 14.1 Å². The third-order valence-electron chi connectivity index (χ3n) is 2.98. The Balaban J connectivity index is 2.13. The average molecular weight is 299 g/mol. The highest BCUT2D eigenvalue weighted by atomic mass is 32.2.